The standard InChI is InChI=1S/C18H29NOS/c1-3-12-19-18(17-10-8-15(2)9-11-17)14-21(20)13-16-6-4-5-7-16/h8-11,16,18-19H,3-7,12-14H2,1-2H3. The minimum atomic E-state index is -0.712. The minimum Gasteiger partial charge on any atom is -0.309 e. The van der Waals surface area contributed by atoms with Crippen molar-refractivity contribution in [2.24, 2.45) is 5.92 Å². The Labute approximate surface area is 132 Å². The smallest absolute Gasteiger partial charge is 0.0436 e. The number of hydrogen-bond acceptors (Lipinski definition) is 2. The second-order valence-corrected chi connectivity index (χ2v) is 7.89. The van der Waals surface area contributed by atoms with Crippen molar-refractivity contribution in [1.82, 2.24) is 5.32 Å². The fourth-order valence-corrected chi connectivity index (χ4v) is 4.76. The van der Waals surface area contributed by atoms with E-state index in [4.69, 9.17) is 0 Å². The monoisotopic (exact) mass is 307 g/mol. The average Bonchev–Trinajstić information content (AvgIpc) is 2.97. The molecule has 1 aromatic carbocycles. The first-order chi connectivity index (χ1) is 10.2. The zero-order valence-corrected chi connectivity index (χ0v) is 14.3. The highest BCUT2D eigenvalue weighted by molar-refractivity contribution is 7.85. The molecule has 1 fully saturated rings. The Balaban J connectivity index is 1.94. The van der Waals surface area contributed by atoms with Crippen LogP contribution in [0.15, 0.2) is 24.3 Å². The van der Waals surface area contributed by atoms with Gasteiger partial charge in [0.15, 0.2) is 0 Å². The molecule has 1 saturated carbocycles. The van der Waals surface area contributed by atoms with E-state index in [0.29, 0.717) is 5.92 Å². The third-order valence-electron chi connectivity index (χ3n) is 4.37. The summed E-state index contributed by atoms with van der Waals surface area (Å²) >= 11 is 0. The van der Waals surface area contributed by atoms with Gasteiger partial charge >= 0.3 is 0 Å². The van der Waals surface area contributed by atoms with E-state index >= 15 is 0 Å². The van der Waals surface area contributed by atoms with Crippen molar-refractivity contribution in [2.45, 2.75) is 52.0 Å². The summed E-state index contributed by atoms with van der Waals surface area (Å²) < 4.78 is 12.5. The molecule has 2 atom stereocenters. The molecule has 1 aliphatic carbocycles. The summed E-state index contributed by atoms with van der Waals surface area (Å²) in [6, 6.07) is 8.88. The Morgan fingerprint density at radius 3 is 2.52 bits per heavy atom. The molecule has 0 spiro atoms. The molecule has 2 unspecified atom stereocenters. The maximum atomic E-state index is 12.5. The number of aryl methyl sites for hydroxylation is 1. The molecule has 0 aromatic heterocycles. The first-order valence-electron chi connectivity index (χ1n) is 8.34. The van der Waals surface area contributed by atoms with Crippen molar-refractivity contribution in [2.75, 3.05) is 18.1 Å². The molecule has 1 aliphatic rings. The molecule has 118 valence electrons. The normalized spacial score (nSPS) is 18.8. The van der Waals surface area contributed by atoms with Crippen LogP contribution in [0.2, 0.25) is 0 Å². The van der Waals surface area contributed by atoms with Crippen molar-refractivity contribution in [3.8, 4) is 0 Å². The zero-order chi connectivity index (χ0) is 15.1. The van der Waals surface area contributed by atoms with E-state index in [9.17, 15) is 4.21 Å². The molecule has 1 aromatic rings. The molecule has 0 amide bonds. The van der Waals surface area contributed by atoms with Gasteiger partial charge in [0.05, 0.1) is 0 Å². The number of benzene rings is 1. The largest absolute Gasteiger partial charge is 0.309 e. The Morgan fingerprint density at radius 2 is 1.90 bits per heavy atom. The molecule has 21 heavy (non-hydrogen) atoms. The van der Waals surface area contributed by atoms with Crippen LogP contribution >= 0.6 is 0 Å². The van der Waals surface area contributed by atoms with Gasteiger partial charge in [0.1, 0.15) is 0 Å². The lowest BCUT2D eigenvalue weighted by molar-refractivity contribution is 0.562. The van der Waals surface area contributed by atoms with Gasteiger partial charge in [-0.2, -0.15) is 0 Å². The van der Waals surface area contributed by atoms with E-state index in [-0.39, 0.29) is 6.04 Å². The first-order valence-corrected chi connectivity index (χ1v) is 9.82. The van der Waals surface area contributed by atoms with E-state index in [1.165, 1.54) is 36.8 Å². The quantitative estimate of drug-likeness (QED) is 0.787. The second kappa shape index (κ2) is 8.70. The van der Waals surface area contributed by atoms with Gasteiger partial charge < -0.3 is 5.32 Å². The third kappa shape index (κ3) is 5.55. The van der Waals surface area contributed by atoms with Crippen molar-refractivity contribution in [3.05, 3.63) is 35.4 Å². The Kier molecular flexibility index (Phi) is 6.91. The van der Waals surface area contributed by atoms with Crippen LogP contribution < -0.4 is 5.32 Å². The van der Waals surface area contributed by atoms with Crippen LogP contribution in [-0.4, -0.2) is 22.3 Å². The summed E-state index contributed by atoms with van der Waals surface area (Å²) in [4.78, 5) is 0. The molecule has 3 heteroatoms. The van der Waals surface area contributed by atoms with Gasteiger partial charge in [-0.25, -0.2) is 0 Å². The van der Waals surface area contributed by atoms with E-state index in [1.807, 2.05) is 0 Å². The first kappa shape index (κ1) is 16.7. The van der Waals surface area contributed by atoms with Crippen LogP contribution in [0.4, 0.5) is 0 Å². The van der Waals surface area contributed by atoms with Crippen LogP contribution in [-0.2, 0) is 10.8 Å². The van der Waals surface area contributed by atoms with E-state index in [2.05, 4.69) is 43.4 Å². The van der Waals surface area contributed by atoms with Crippen molar-refractivity contribution >= 4 is 10.8 Å². The van der Waals surface area contributed by atoms with Crippen LogP contribution in [0, 0.1) is 12.8 Å². The highest BCUT2D eigenvalue weighted by Gasteiger charge is 2.20. The lowest BCUT2D eigenvalue weighted by Crippen LogP contribution is -2.28. The molecular weight excluding hydrogens is 278 g/mol. The maximum Gasteiger partial charge on any atom is 0.0436 e. The lowest BCUT2D eigenvalue weighted by atomic mass is 10.1. The van der Waals surface area contributed by atoms with Gasteiger partial charge in [-0.05, 0) is 44.2 Å². The third-order valence-corrected chi connectivity index (χ3v) is 5.92. The highest BCUT2D eigenvalue weighted by Crippen LogP contribution is 2.26. The van der Waals surface area contributed by atoms with Crippen molar-refractivity contribution < 1.29 is 4.21 Å². The fraction of sp³-hybridized carbons (Fsp3) is 0.667. The summed E-state index contributed by atoms with van der Waals surface area (Å²) in [5, 5.41) is 3.57. The Hall–Kier alpha value is -0.670. The summed E-state index contributed by atoms with van der Waals surface area (Å²) in [5.74, 6) is 2.35. The second-order valence-electron chi connectivity index (χ2n) is 6.34. The maximum absolute atomic E-state index is 12.5. The van der Waals surface area contributed by atoms with Gasteiger partial charge in [-0.15, -0.1) is 0 Å². The van der Waals surface area contributed by atoms with Gasteiger partial charge in [0, 0.05) is 28.3 Å². The number of hydrogen-bond donors (Lipinski definition) is 1. The van der Waals surface area contributed by atoms with Crippen LogP contribution in [0.25, 0.3) is 0 Å². The van der Waals surface area contributed by atoms with Crippen LogP contribution in [0.3, 0.4) is 0 Å². The van der Waals surface area contributed by atoms with Crippen LogP contribution in [0.5, 0.6) is 0 Å². The average molecular weight is 308 g/mol. The van der Waals surface area contributed by atoms with Gasteiger partial charge in [0.2, 0.25) is 0 Å². The van der Waals surface area contributed by atoms with Crippen molar-refractivity contribution in [1.29, 1.82) is 0 Å². The Bertz CT molecular complexity index is 437. The van der Waals surface area contributed by atoms with E-state index < -0.39 is 10.8 Å². The van der Waals surface area contributed by atoms with E-state index in [0.717, 1.165) is 24.5 Å². The topological polar surface area (TPSA) is 29.1 Å². The highest BCUT2D eigenvalue weighted by atomic mass is 32.2. The van der Waals surface area contributed by atoms with Gasteiger partial charge in [-0.3, -0.25) is 4.21 Å². The SMILES string of the molecule is CCCNC(CS(=O)CC1CCCC1)c1ccc(C)cc1. The Morgan fingerprint density at radius 1 is 1.24 bits per heavy atom. The van der Waals surface area contributed by atoms with Gasteiger partial charge in [-0.1, -0.05) is 49.6 Å². The molecule has 1 N–H and O–H groups in total. The number of nitrogens with one attached hydrogen (secondary N) is 1. The molecule has 0 radical (unpaired) electrons. The summed E-state index contributed by atoms with van der Waals surface area (Å²) in [5.41, 5.74) is 2.55. The molecule has 0 bridgehead atoms. The summed E-state index contributed by atoms with van der Waals surface area (Å²) in [7, 11) is -0.712. The fourth-order valence-electron chi connectivity index (χ4n) is 3.08. The number of rotatable bonds is 8. The van der Waals surface area contributed by atoms with Crippen LogP contribution in [0.1, 0.15) is 56.2 Å². The summed E-state index contributed by atoms with van der Waals surface area (Å²) in [6.07, 6.45) is 6.33. The summed E-state index contributed by atoms with van der Waals surface area (Å²) in [6.45, 7) is 5.27. The predicted molar refractivity (Wildman–Crippen MR) is 92.0 cm³/mol. The lowest BCUT2D eigenvalue weighted by Gasteiger charge is -2.20. The molecule has 0 heterocycles. The van der Waals surface area contributed by atoms with Crippen molar-refractivity contribution in [3.63, 3.8) is 0 Å². The molecule has 2 nitrogen and oxygen atoms in total. The molecule has 2 rings (SSSR count). The zero-order valence-electron chi connectivity index (χ0n) is 13.4. The van der Waals surface area contributed by atoms with E-state index in [1.54, 1.807) is 0 Å². The van der Waals surface area contributed by atoms with Gasteiger partial charge in [0.25, 0.3) is 0 Å². The molecule has 0 aliphatic heterocycles. The predicted octanol–water partition coefficient (Wildman–Crippen LogP) is 3.97. The minimum absolute atomic E-state index is 0.229. The molecule has 0 saturated heterocycles. The molecular formula is C18H29NOS.